The Morgan fingerprint density at radius 1 is 1.17 bits per heavy atom. The summed E-state index contributed by atoms with van der Waals surface area (Å²) in [7, 11) is 0. The zero-order valence-corrected chi connectivity index (χ0v) is 11.7. The zero-order valence-electron chi connectivity index (χ0n) is 10.2. The van der Waals surface area contributed by atoms with E-state index in [-0.39, 0.29) is 11.9 Å². The SMILES string of the molecule is C[C@@H](NCc1cccc(F)c1)c1ccccc1Br. The summed E-state index contributed by atoms with van der Waals surface area (Å²) in [5.41, 5.74) is 2.16. The van der Waals surface area contributed by atoms with Crippen LogP contribution in [-0.2, 0) is 6.54 Å². The zero-order chi connectivity index (χ0) is 13.0. The first-order valence-corrected chi connectivity index (χ1v) is 6.68. The highest BCUT2D eigenvalue weighted by Crippen LogP contribution is 2.22. The number of nitrogens with one attached hydrogen (secondary N) is 1. The van der Waals surface area contributed by atoms with Gasteiger partial charge in [0.2, 0.25) is 0 Å². The third kappa shape index (κ3) is 3.40. The van der Waals surface area contributed by atoms with Crippen molar-refractivity contribution in [2.75, 3.05) is 0 Å². The number of hydrogen-bond acceptors (Lipinski definition) is 1. The molecule has 0 aliphatic heterocycles. The Morgan fingerprint density at radius 2 is 1.94 bits per heavy atom. The van der Waals surface area contributed by atoms with Crippen LogP contribution in [-0.4, -0.2) is 0 Å². The highest BCUT2D eigenvalue weighted by Gasteiger charge is 2.07. The van der Waals surface area contributed by atoms with Crippen LogP contribution in [0.1, 0.15) is 24.1 Å². The van der Waals surface area contributed by atoms with Crippen molar-refractivity contribution in [3.63, 3.8) is 0 Å². The average Bonchev–Trinajstić information content (AvgIpc) is 2.37. The van der Waals surface area contributed by atoms with Crippen LogP contribution in [0.2, 0.25) is 0 Å². The summed E-state index contributed by atoms with van der Waals surface area (Å²) in [5.74, 6) is -0.192. The first-order chi connectivity index (χ1) is 8.66. The van der Waals surface area contributed by atoms with Gasteiger partial charge in [0.05, 0.1) is 0 Å². The Kier molecular flexibility index (Phi) is 4.50. The van der Waals surface area contributed by atoms with Crippen molar-refractivity contribution in [3.05, 3.63) is 69.9 Å². The van der Waals surface area contributed by atoms with E-state index in [1.54, 1.807) is 12.1 Å². The van der Waals surface area contributed by atoms with Gasteiger partial charge in [-0.2, -0.15) is 0 Å². The van der Waals surface area contributed by atoms with Gasteiger partial charge in [0.25, 0.3) is 0 Å². The fourth-order valence-electron chi connectivity index (χ4n) is 1.85. The molecule has 1 atom stereocenters. The second kappa shape index (κ2) is 6.12. The molecule has 1 nitrogen and oxygen atoms in total. The van der Waals surface area contributed by atoms with Gasteiger partial charge in [0, 0.05) is 17.1 Å². The number of benzene rings is 2. The third-order valence-electron chi connectivity index (χ3n) is 2.87. The van der Waals surface area contributed by atoms with E-state index in [0.29, 0.717) is 6.54 Å². The van der Waals surface area contributed by atoms with Gasteiger partial charge < -0.3 is 5.32 Å². The summed E-state index contributed by atoms with van der Waals surface area (Å²) in [6.45, 7) is 2.75. The van der Waals surface area contributed by atoms with Gasteiger partial charge in [-0.3, -0.25) is 0 Å². The van der Waals surface area contributed by atoms with E-state index in [9.17, 15) is 4.39 Å². The fourth-order valence-corrected chi connectivity index (χ4v) is 2.48. The second-order valence-electron chi connectivity index (χ2n) is 4.25. The van der Waals surface area contributed by atoms with Crippen LogP contribution in [0.3, 0.4) is 0 Å². The Labute approximate surface area is 115 Å². The quantitative estimate of drug-likeness (QED) is 0.880. The number of halogens is 2. The summed E-state index contributed by atoms with van der Waals surface area (Å²) in [5, 5.41) is 3.39. The lowest BCUT2D eigenvalue weighted by molar-refractivity contribution is 0.567. The molecule has 0 aliphatic carbocycles. The van der Waals surface area contributed by atoms with Crippen LogP contribution in [0.4, 0.5) is 4.39 Å². The monoisotopic (exact) mass is 307 g/mol. The molecule has 0 spiro atoms. The maximum atomic E-state index is 13.0. The Balaban J connectivity index is 2.00. The second-order valence-corrected chi connectivity index (χ2v) is 5.11. The molecule has 18 heavy (non-hydrogen) atoms. The minimum Gasteiger partial charge on any atom is -0.306 e. The largest absolute Gasteiger partial charge is 0.306 e. The van der Waals surface area contributed by atoms with E-state index in [1.165, 1.54) is 11.6 Å². The van der Waals surface area contributed by atoms with Gasteiger partial charge >= 0.3 is 0 Å². The van der Waals surface area contributed by atoms with Crippen LogP contribution in [0.25, 0.3) is 0 Å². The molecule has 1 N–H and O–H groups in total. The van der Waals surface area contributed by atoms with Gasteiger partial charge in [-0.15, -0.1) is 0 Å². The van der Waals surface area contributed by atoms with Gasteiger partial charge in [-0.05, 0) is 36.2 Å². The van der Waals surface area contributed by atoms with Crippen molar-refractivity contribution >= 4 is 15.9 Å². The molecule has 2 rings (SSSR count). The van der Waals surface area contributed by atoms with E-state index < -0.39 is 0 Å². The van der Waals surface area contributed by atoms with Gasteiger partial charge in [0.15, 0.2) is 0 Å². The van der Waals surface area contributed by atoms with Crippen LogP contribution in [0, 0.1) is 5.82 Å². The van der Waals surface area contributed by atoms with Gasteiger partial charge in [0.1, 0.15) is 5.82 Å². The Bertz CT molecular complexity index is 527. The van der Waals surface area contributed by atoms with Crippen LogP contribution < -0.4 is 5.32 Å². The lowest BCUT2D eigenvalue weighted by Gasteiger charge is -2.15. The van der Waals surface area contributed by atoms with E-state index in [4.69, 9.17) is 0 Å². The molecule has 0 fully saturated rings. The summed E-state index contributed by atoms with van der Waals surface area (Å²) in [6.07, 6.45) is 0. The average molecular weight is 308 g/mol. The Hall–Kier alpha value is -1.19. The topological polar surface area (TPSA) is 12.0 Å². The fraction of sp³-hybridized carbons (Fsp3) is 0.200. The minimum atomic E-state index is -0.192. The predicted molar refractivity (Wildman–Crippen MR) is 75.8 cm³/mol. The summed E-state index contributed by atoms with van der Waals surface area (Å²) in [6, 6.07) is 15.0. The van der Waals surface area contributed by atoms with Crippen LogP contribution in [0.5, 0.6) is 0 Å². The molecule has 3 heteroatoms. The van der Waals surface area contributed by atoms with Crippen molar-refractivity contribution in [3.8, 4) is 0 Å². The molecule has 0 amide bonds. The normalized spacial score (nSPS) is 12.4. The molecule has 2 aromatic carbocycles. The molecule has 2 aromatic rings. The molecule has 0 heterocycles. The molecular weight excluding hydrogens is 293 g/mol. The van der Waals surface area contributed by atoms with Gasteiger partial charge in [-0.25, -0.2) is 4.39 Å². The van der Waals surface area contributed by atoms with Crippen molar-refractivity contribution in [2.24, 2.45) is 0 Å². The lowest BCUT2D eigenvalue weighted by Crippen LogP contribution is -2.18. The van der Waals surface area contributed by atoms with Crippen LogP contribution in [0.15, 0.2) is 53.0 Å². The first kappa shape index (κ1) is 13.2. The first-order valence-electron chi connectivity index (χ1n) is 5.89. The van der Waals surface area contributed by atoms with Crippen molar-refractivity contribution < 1.29 is 4.39 Å². The van der Waals surface area contributed by atoms with Crippen molar-refractivity contribution in [1.82, 2.24) is 5.32 Å². The maximum Gasteiger partial charge on any atom is 0.123 e. The molecule has 0 bridgehead atoms. The van der Waals surface area contributed by atoms with Gasteiger partial charge in [-0.1, -0.05) is 46.3 Å². The Morgan fingerprint density at radius 3 is 2.67 bits per heavy atom. The smallest absolute Gasteiger partial charge is 0.123 e. The molecule has 94 valence electrons. The molecule has 0 radical (unpaired) electrons. The number of hydrogen-bond donors (Lipinski definition) is 1. The van der Waals surface area contributed by atoms with Crippen molar-refractivity contribution in [1.29, 1.82) is 0 Å². The highest BCUT2D eigenvalue weighted by atomic mass is 79.9. The van der Waals surface area contributed by atoms with Crippen molar-refractivity contribution in [2.45, 2.75) is 19.5 Å². The predicted octanol–water partition coefficient (Wildman–Crippen LogP) is 4.44. The standard InChI is InChI=1S/C15H15BrFN/c1-11(14-7-2-3-8-15(14)16)18-10-12-5-4-6-13(17)9-12/h2-9,11,18H,10H2,1H3/t11-/m1/s1. The summed E-state index contributed by atoms with van der Waals surface area (Å²) >= 11 is 3.53. The lowest BCUT2D eigenvalue weighted by atomic mass is 10.1. The molecule has 0 aliphatic rings. The third-order valence-corrected chi connectivity index (χ3v) is 3.60. The molecule has 0 saturated heterocycles. The highest BCUT2D eigenvalue weighted by molar-refractivity contribution is 9.10. The van der Waals surface area contributed by atoms with Crippen LogP contribution >= 0.6 is 15.9 Å². The summed E-state index contributed by atoms with van der Waals surface area (Å²) in [4.78, 5) is 0. The molecule has 0 unspecified atom stereocenters. The summed E-state index contributed by atoms with van der Waals surface area (Å²) < 4.78 is 14.1. The van der Waals surface area contributed by atoms with E-state index in [2.05, 4.69) is 34.2 Å². The maximum absolute atomic E-state index is 13.0. The van der Waals surface area contributed by atoms with E-state index in [1.807, 2.05) is 24.3 Å². The molecular formula is C15H15BrFN. The molecule has 0 saturated carbocycles. The van der Waals surface area contributed by atoms with E-state index >= 15 is 0 Å². The minimum absolute atomic E-state index is 0.192. The number of rotatable bonds is 4. The van der Waals surface area contributed by atoms with E-state index in [0.717, 1.165) is 10.0 Å². The molecule has 0 aromatic heterocycles.